The van der Waals surface area contributed by atoms with Crippen LogP contribution >= 0.6 is 0 Å². The maximum absolute atomic E-state index is 12.7. The van der Waals surface area contributed by atoms with Crippen LogP contribution in [0.5, 0.6) is 0 Å². The fraction of sp³-hybridized carbons (Fsp3) is 0.471. The SMILES string of the molecule is CCn1nc(C(F)(F)F)cc1/C(C)=C/C=C\C=C\CC(C)C. The van der Waals surface area contributed by atoms with Gasteiger partial charge in [0.2, 0.25) is 0 Å². The van der Waals surface area contributed by atoms with Gasteiger partial charge in [0.05, 0.1) is 5.69 Å². The van der Waals surface area contributed by atoms with Crippen molar-refractivity contribution in [2.75, 3.05) is 0 Å². The molecule has 1 rings (SSSR count). The second-order valence-corrected chi connectivity index (χ2v) is 5.52. The fourth-order valence-corrected chi connectivity index (χ4v) is 1.89. The fourth-order valence-electron chi connectivity index (χ4n) is 1.89. The van der Waals surface area contributed by atoms with Gasteiger partial charge in [-0.3, -0.25) is 4.68 Å². The maximum atomic E-state index is 12.7. The summed E-state index contributed by atoms with van der Waals surface area (Å²) in [6, 6.07) is 1.10. The van der Waals surface area contributed by atoms with Gasteiger partial charge in [0.15, 0.2) is 5.69 Å². The predicted octanol–water partition coefficient (Wildman–Crippen LogP) is 5.48. The average molecular weight is 312 g/mol. The minimum absolute atomic E-state index is 0.397. The summed E-state index contributed by atoms with van der Waals surface area (Å²) in [5, 5.41) is 3.61. The van der Waals surface area contributed by atoms with Gasteiger partial charge in [-0.05, 0) is 37.8 Å². The molecule has 1 aromatic rings. The van der Waals surface area contributed by atoms with Crippen molar-refractivity contribution in [1.29, 1.82) is 0 Å². The molecule has 0 aliphatic carbocycles. The summed E-state index contributed by atoms with van der Waals surface area (Å²) in [7, 11) is 0. The largest absolute Gasteiger partial charge is 0.435 e. The molecule has 0 N–H and O–H groups in total. The molecule has 2 nitrogen and oxygen atoms in total. The third kappa shape index (κ3) is 5.54. The molecule has 0 aliphatic heterocycles. The lowest BCUT2D eigenvalue weighted by Crippen LogP contribution is -2.07. The second-order valence-electron chi connectivity index (χ2n) is 5.52. The molecule has 1 aromatic heterocycles. The van der Waals surface area contributed by atoms with E-state index in [9.17, 15) is 13.2 Å². The van der Waals surface area contributed by atoms with Gasteiger partial charge >= 0.3 is 6.18 Å². The van der Waals surface area contributed by atoms with Crippen LogP contribution in [0.3, 0.4) is 0 Å². The molecule has 0 saturated heterocycles. The Bertz CT molecular complexity index is 561. The zero-order chi connectivity index (χ0) is 16.8. The topological polar surface area (TPSA) is 17.8 Å². The van der Waals surface area contributed by atoms with E-state index in [4.69, 9.17) is 0 Å². The zero-order valence-electron chi connectivity index (χ0n) is 13.5. The number of aryl methyl sites for hydroxylation is 1. The number of halogens is 3. The lowest BCUT2D eigenvalue weighted by atomic mass is 10.1. The molecule has 122 valence electrons. The van der Waals surface area contributed by atoms with Crippen molar-refractivity contribution in [1.82, 2.24) is 9.78 Å². The van der Waals surface area contributed by atoms with Crippen molar-refractivity contribution in [3.8, 4) is 0 Å². The molecule has 0 spiro atoms. The van der Waals surface area contributed by atoms with Gasteiger partial charge in [0.1, 0.15) is 0 Å². The first kappa shape index (κ1) is 18.3. The molecule has 0 amide bonds. The third-order valence-corrected chi connectivity index (χ3v) is 3.09. The molecule has 0 bridgehead atoms. The van der Waals surface area contributed by atoms with Crippen molar-refractivity contribution in [2.45, 2.75) is 46.8 Å². The smallest absolute Gasteiger partial charge is 0.265 e. The van der Waals surface area contributed by atoms with E-state index in [1.165, 1.54) is 4.68 Å². The Morgan fingerprint density at radius 1 is 1.27 bits per heavy atom. The van der Waals surface area contributed by atoms with Crippen molar-refractivity contribution in [3.05, 3.63) is 47.8 Å². The van der Waals surface area contributed by atoms with E-state index in [-0.39, 0.29) is 0 Å². The van der Waals surface area contributed by atoms with Crippen LogP contribution in [0.1, 0.15) is 45.5 Å². The summed E-state index contributed by atoms with van der Waals surface area (Å²) in [5.41, 5.74) is 0.391. The van der Waals surface area contributed by atoms with Gasteiger partial charge < -0.3 is 0 Å². The Morgan fingerprint density at radius 3 is 2.50 bits per heavy atom. The van der Waals surface area contributed by atoms with Crippen molar-refractivity contribution in [3.63, 3.8) is 0 Å². The van der Waals surface area contributed by atoms with Crippen LogP contribution in [-0.2, 0) is 12.7 Å². The molecular weight excluding hydrogens is 289 g/mol. The second kappa shape index (κ2) is 8.01. The highest BCUT2D eigenvalue weighted by Gasteiger charge is 2.34. The lowest BCUT2D eigenvalue weighted by Gasteiger charge is -2.03. The molecule has 0 aromatic carbocycles. The number of aromatic nitrogens is 2. The van der Waals surface area contributed by atoms with Crippen LogP contribution in [-0.4, -0.2) is 9.78 Å². The minimum atomic E-state index is -4.41. The van der Waals surface area contributed by atoms with E-state index in [0.29, 0.717) is 18.2 Å². The van der Waals surface area contributed by atoms with Gasteiger partial charge in [-0.25, -0.2) is 0 Å². The molecule has 0 radical (unpaired) electrons. The summed E-state index contributed by atoms with van der Waals surface area (Å²) in [6.07, 6.45) is 6.11. The summed E-state index contributed by atoms with van der Waals surface area (Å²) in [4.78, 5) is 0. The van der Waals surface area contributed by atoms with Gasteiger partial charge in [-0.2, -0.15) is 18.3 Å². The highest BCUT2D eigenvalue weighted by atomic mass is 19.4. The molecule has 0 fully saturated rings. The first-order valence-corrected chi connectivity index (χ1v) is 7.41. The number of nitrogens with zero attached hydrogens (tertiary/aromatic N) is 2. The Balaban J connectivity index is 2.86. The van der Waals surface area contributed by atoms with E-state index in [1.807, 2.05) is 18.2 Å². The first-order chi connectivity index (χ1) is 10.3. The standard InChI is InChI=1S/C17H23F3N2/c1-5-22-15(12-16(21-22)17(18,19)20)14(4)11-9-7-6-8-10-13(2)3/h6-9,11-13H,5,10H2,1-4H3/b8-6+,9-7-,14-11+. The molecule has 5 heteroatoms. The predicted molar refractivity (Wildman–Crippen MR) is 84.3 cm³/mol. The number of alkyl halides is 3. The van der Waals surface area contributed by atoms with Crippen molar-refractivity contribution in [2.24, 2.45) is 5.92 Å². The monoisotopic (exact) mass is 312 g/mol. The lowest BCUT2D eigenvalue weighted by molar-refractivity contribution is -0.141. The Hall–Kier alpha value is -1.78. The number of hydrogen-bond acceptors (Lipinski definition) is 1. The van der Waals surface area contributed by atoms with E-state index in [0.717, 1.165) is 18.1 Å². The average Bonchev–Trinajstić information content (AvgIpc) is 2.86. The van der Waals surface area contributed by atoms with E-state index in [1.54, 1.807) is 19.9 Å². The number of rotatable bonds is 6. The van der Waals surface area contributed by atoms with Crippen LogP contribution < -0.4 is 0 Å². The summed E-state index contributed by atoms with van der Waals surface area (Å²) in [5.74, 6) is 0.613. The molecular formula is C17H23F3N2. The van der Waals surface area contributed by atoms with E-state index < -0.39 is 11.9 Å². The van der Waals surface area contributed by atoms with Crippen LogP contribution in [0.25, 0.3) is 5.57 Å². The Labute approximate surface area is 130 Å². The van der Waals surface area contributed by atoms with Crippen LogP contribution in [0, 0.1) is 5.92 Å². The van der Waals surface area contributed by atoms with Gasteiger partial charge in [0.25, 0.3) is 0 Å². The number of allylic oxidation sites excluding steroid dienone is 6. The van der Waals surface area contributed by atoms with Crippen LogP contribution in [0.15, 0.2) is 36.4 Å². The molecule has 0 aliphatic rings. The van der Waals surface area contributed by atoms with E-state index in [2.05, 4.69) is 25.0 Å². The first-order valence-electron chi connectivity index (χ1n) is 7.41. The van der Waals surface area contributed by atoms with Gasteiger partial charge in [0, 0.05) is 6.54 Å². The molecule has 0 unspecified atom stereocenters. The highest BCUT2D eigenvalue weighted by molar-refractivity contribution is 5.63. The van der Waals surface area contributed by atoms with Gasteiger partial charge in [-0.1, -0.05) is 44.2 Å². The summed E-state index contributed by atoms with van der Waals surface area (Å²) in [6.45, 7) is 8.24. The number of hydrogen-bond donors (Lipinski definition) is 0. The van der Waals surface area contributed by atoms with Crippen molar-refractivity contribution >= 4 is 5.57 Å². The van der Waals surface area contributed by atoms with E-state index >= 15 is 0 Å². The summed E-state index contributed by atoms with van der Waals surface area (Å²) >= 11 is 0. The van der Waals surface area contributed by atoms with Gasteiger partial charge in [-0.15, -0.1) is 0 Å². The highest BCUT2D eigenvalue weighted by Crippen LogP contribution is 2.30. The molecule has 0 saturated carbocycles. The van der Waals surface area contributed by atoms with Crippen LogP contribution in [0.2, 0.25) is 0 Å². The normalized spacial score (nSPS) is 13.9. The van der Waals surface area contributed by atoms with Crippen LogP contribution in [0.4, 0.5) is 13.2 Å². The Kier molecular flexibility index (Phi) is 6.65. The molecule has 1 heterocycles. The Morgan fingerprint density at radius 2 is 1.95 bits per heavy atom. The molecule has 22 heavy (non-hydrogen) atoms. The van der Waals surface area contributed by atoms with Crippen molar-refractivity contribution < 1.29 is 13.2 Å². The maximum Gasteiger partial charge on any atom is 0.435 e. The third-order valence-electron chi connectivity index (χ3n) is 3.09. The zero-order valence-corrected chi connectivity index (χ0v) is 13.5. The quantitative estimate of drug-likeness (QED) is 0.636. The molecule has 0 atom stereocenters. The summed E-state index contributed by atoms with van der Waals surface area (Å²) < 4.78 is 39.5. The minimum Gasteiger partial charge on any atom is -0.265 e.